The van der Waals surface area contributed by atoms with Crippen molar-refractivity contribution in [2.24, 2.45) is 5.92 Å². The summed E-state index contributed by atoms with van der Waals surface area (Å²) >= 11 is 1.67. The van der Waals surface area contributed by atoms with Gasteiger partial charge in [-0.2, -0.15) is 0 Å². The van der Waals surface area contributed by atoms with Crippen LogP contribution in [0.4, 0.5) is 0 Å². The molecule has 1 heterocycles. The Labute approximate surface area is 195 Å². The van der Waals surface area contributed by atoms with Crippen LogP contribution in [0.2, 0.25) is 0 Å². The molecule has 1 atom stereocenters. The van der Waals surface area contributed by atoms with Crippen LogP contribution in [0.1, 0.15) is 62.6 Å². The molecule has 3 aromatic rings. The molecule has 0 unspecified atom stereocenters. The average Bonchev–Trinajstić information content (AvgIpc) is 2.82. The number of hydrogen-bond acceptors (Lipinski definition) is 3. The molecule has 0 bridgehead atoms. The Balaban J connectivity index is 1.74. The third-order valence-corrected chi connectivity index (χ3v) is 8.36. The quantitative estimate of drug-likeness (QED) is 0.334. The van der Waals surface area contributed by atoms with Gasteiger partial charge in [-0.3, -0.25) is 9.36 Å². The lowest BCUT2D eigenvalue weighted by Gasteiger charge is -2.44. The second-order valence-electron chi connectivity index (χ2n) is 9.51. The van der Waals surface area contributed by atoms with Gasteiger partial charge in [0.2, 0.25) is 0 Å². The van der Waals surface area contributed by atoms with Crippen molar-refractivity contribution >= 4 is 11.8 Å². The van der Waals surface area contributed by atoms with Crippen LogP contribution in [0.15, 0.2) is 64.5 Å². The Hall–Kier alpha value is -2.33. The van der Waals surface area contributed by atoms with Gasteiger partial charge in [0.15, 0.2) is 5.16 Å². The van der Waals surface area contributed by atoms with E-state index in [4.69, 9.17) is 4.98 Å². The molecule has 2 aliphatic carbocycles. The zero-order valence-corrected chi connectivity index (χ0v) is 20.0. The van der Waals surface area contributed by atoms with Gasteiger partial charge in [-0.05, 0) is 42.1 Å². The van der Waals surface area contributed by atoms with Crippen LogP contribution in [0.3, 0.4) is 0 Å². The standard InChI is InChI=1S/C28H32N2OS/c1-3-32-27-29-25-23-17-11-10-14-21(23)18-28(2,22-15-8-5-9-16-22)24(25)26(31)30(27)19-20-12-6-4-7-13-20/h4,6-7,10-14,17,22H,3,5,8-9,15-16,18-19H2,1-2H3/t28-/m0/s1. The predicted molar refractivity (Wildman–Crippen MR) is 134 cm³/mol. The Morgan fingerprint density at radius 1 is 1.03 bits per heavy atom. The molecular weight excluding hydrogens is 412 g/mol. The number of fused-ring (bicyclic) bond motifs is 3. The first-order valence-corrected chi connectivity index (χ1v) is 13.0. The van der Waals surface area contributed by atoms with Gasteiger partial charge in [-0.15, -0.1) is 0 Å². The largest absolute Gasteiger partial charge is 0.283 e. The van der Waals surface area contributed by atoms with Crippen molar-refractivity contribution in [2.45, 2.75) is 69.5 Å². The summed E-state index contributed by atoms with van der Waals surface area (Å²) in [6.45, 7) is 5.05. The summed E-state index contributed by atoms with van der Waals surface area (Å²) in [7, 11) is 0. The maximum absolute atomic E-state index is 14.3. The lowest BCUT2D eigenvalue weighted by Crippen LogP contribution is -2.45. The average molecular weight is 445 g/mol. The molecule has 5 rings (SSSR count). The number of nitrogens with zero attached hydrogens (tertiary/aromatic N) is 2. The van der Waals surface area contributed by atoms with E-state index in [0.29, 0.717) is 12.5 Å². The van der Waals surface area contributed by atoms with Crippen molar-refractivity contribution in [1.29, 1.82) is 0 Å². The molecule has 2 aliphatic rings. The fraction of sp³-hybridized carbons (Fsp3) is 0.429. The molecule has 166 valence electrons. The summed E-state index contributed by atoms with van der Waals surface area (Å²) in [5, 5.41) is 0.836. The van der Waals surface area contributed by atoms with Crippen LogP contribution in [0, 0.1) is 5.92 Å². The maximum atomic E-state index is 14.3. The van der Waals surface area contributed by atoms with E-state index in [1.165, 1.54) is 37.7 Å². The van der Waals surface area contributed by atoms with Crippen molar-refractivity contribution in [1.82, 2.24) is 9.55 Å². The van der Waals surface area contributed by atoms with Gasteiger partial charge in [0.25, 0.3) is 5.56 Å². The molecule has 3 nitrogen and oxygen atoms in total. The molecule has 0 amide bonds. The monoisotopic (exact) mass is 444 g/mol. The molecule has 0 N–H and O–H groups in total. The first-order chi connectivity index (χ1) is 15.6. The number of aromatic nitrogens is 2. The summed E-state index contributed by atoms with van der Waals surface area (Å²) in [5.41, 5.74) is 5.53. The Morgan fingerprint density at radius 2 is 1.75 bits per heavy atom. The predicted octanol–water partition coefficient (Wildman–Crippen LogP) is 6.46. The van der Waals surface area contributed by atoms with E-state index in [9.17, 15) is 4.79 Å². The van der Waals surface area contributed by atoms with Crippen molar-refractivity contribution in [3.05, 3.63) is 81.6 Å². The highest BCUT2D eigenvalue weighted by Crippen LogP contribution is 2.49. The highest BCUT2D eigenvalue weighted by Gasteiger charge is 2.44. The van der Waals surface area contributed by atoms with E-state index in [1.54, 1.807) is 11.8 Å². The fourth-order valence-corrected chi connectivity index (χ4v) is 6.58. The summed E-state index contributed by atoms with van der Waals surface area (Å²) in [6.07, 6.45) is 7.21. The van der Waals surface area contributed by atoms with Gasteiger partial charge in [-0.25, -0.2) is 4.98 Å². The number of hydrogen-bond donors (Lipinski definition) is 0. The van der Waals surface area contributed by atoms with E-state index < -0.39 is 0 Å². The summed E-state index contributed by atoms with van der Waals surface area (Å²) < 4.78 is 1.94. The van der Waals surface area contributed by atoms with Crippen LogP contribution in [-0.2, 0) is 18.4 Å². The first kappa shape index (κ1) is 21.5. The lowest BCUT2D eigenvalue weighted by atomic mass is 9.60. The van der Waals surface area contributed by atoms with Crippen molar-refractivity contribution < 1.29 is 0 Å². The van der Waals surface area contributed by atoms with Gasteiger partial charge in [0.1, 0.15) is 0 Å². The van der Waals surface area contributed by atoms with E-state index in [0.717, 1.165) is 39.7 Å². The molecular formula is C28H32N2OS. The van der Waals surface area contributed by atoms with Gasteiger partial charge in [-0.1, -0.05) is 99.5 Å². The van der Waals surface area contributed by atoms with Crippen molar-refractivity contribution in [3.63, 3.8) is 0 Å². The van der Waals surface area contributed by atoms with E-state index >= 15 is 0 Å². The van der Waals surface area contributed by atoms with Crippen molar-refractivity contribution in [2.75, 3.05) is 5.75 Å². The Morgan fingerprint density at radius 3 is 2.50 bits per heavy atom. The molecule has 1 fully saturated rings. The maximum Gasteiger partial charge on any atom is 0.258 e. The zero-order valence-electron chi connectivity index (χ0n) is 19.1. The highest BCUT2D eigenvalue weighted by molar-refractivity contribution is 7.99. The second-order valence-corrected chi connectivity index (χ2v) is 10.7. The van der Waals surface area contributed by atoms with E-state index in [1.807, 2.05) is 22.8 Å². The topological polar surface area (TPSA) is 34.9 Å². The Bertz CT molecular complexity index is 1160. The van der Waals surface area contributed by atoms with Gasteiger partial charge < -0.3 is 0 Å². The molecule has 0 radical (unpaired) electrons. The zero-order chi connectivity index (χ0) is 22.1. The Kier molecular flexibility index (Phi) is 5.98. The van der Waals surface area contributed by atoms with Crippen LogP contribution in [0.25, 0.3) is 11.3 Å². The van der Waals surface area contributed by atoms with Gasteiger partial charge in [0, 0.05) is 11.0 Å². The molecule has 32 heavy (non-hydrogen) atoms. The SMILES string of the molecule is CCSc1nc2c(c(=O)n1Cc1ccccc1)[C@](C)(C1CCCCC1)Cc1ccccc1-2. The van der Waals surface area contributed by atoms with E-state index in [-0.39, 0.29) is 11.0 Å². The highest BCUT2D eigenvalue weighted by atomic mass is 32.2. The minimum Gasteiger partial charge on any atom is -0.283 e. The lowest BCUT2D eigenvalue weighted by molar-refractivity contribution is 0.212. The summed E-state index contributed by atoms with van der Waals surface area (Å²) in [4.78, 5) is 19.5. The van der Waals surface area contributed by atoms with Crippen LogP contribution in [0.5, 0.6) is 0 Å². The van der Waals surface area contributed by atoms with E-state index in [2.05, 4.69) is 50.2 Å². The smallest absolute Gasteiger partial charge is 0.258 e. The van der Waals surface area contributed by atoms with Gasteiger partial charge >= 0.3 is 0 Å². The first-order valence-electron chi connectivity index (χ1n) is 12.0. The molecule has 0 aliphatic heterocycles. The molecule has 1 saturated carbocycles. The minimum absolute atomic E-state index is 0.164. The summed E-state index contributed by atoms with van der Waals surface area (Å²) in [5.74, 6) is 1.43. The van der Waals surface area contributed by atoms with Gasteiger partial charge in [0.05, 0.1) is 17.8 Å². The third-order valence-electron chi connectivity index (χ3n) is 7.50. The number of thioether (sulfide) groups is 1. The third kappa shape index (κ3) is 3.73. The van der Waals surface area contributed by atoms with Crippen LogP contribution >= 0.6 is 11.8 Å². The molecule has 1 aromatic heterocycles. The number of benzene rings is 2. The molecule has 0 spiro atoms. The number of rotatable bonds is 5. The van der Waals surface area contributed by atoms with Crippen molar-refractivity contribution in [3.8, 4) is 11.3 Å². The molecule has 4 heteroatoms. The normalized spacial score (nSPS) is 20.6. The second kappa shape index (κ2) is 8.90. The molecule has 0 saturated heterocycles. The molecule has 2 aromatic carbocycles. The fourth-order valence-electron chi connectivity index (χ4n) is 5.87. The minimum atomic E-state index is -0.165. The summed E-state index contributed by atoms with van der Waals surface area (Å²) in [6, 6.07) is 18.9. The van der Waals surface area contributed by atoms with Crippen LogP contribution in [-0.4, -0.2) is 15.3 Å². The van der Waals surface area contributed by atoms with Crippen LogP contribution < -0.4 is 5.56 Å².